The van der Waals surface area contributed by atoms with Crippen molar-refractivity contribution in [2.45, 2.75) is 13.2 Å². The van der Waals surface area contributed by atoms with Crippen LogP contribution < -0.4 is 16.4 Å². The van der Waals surface area contributed by atoms with Gasteiger partial charge in [0.2, 0.25) is 0 Å². The number of nitrogens with zero attached hydrogens (tertiary/aromatic N) is 3. The third-order valence-electron chi connectivity index (χ3n) is 5.72. The van der Waals surface area contributed by atoms with Crippen LogP contribution in [0.25, 0.3) is 17.0 Å². The lowest BCUT2D eigenvalue weighted by Gasteiger charge is -2.13. The second-order valence-corrected chi connectivity index (χ2v) is 8.05. The monoisotopic (exact) mass is 477 g/mol. The summed E-state index contributed by atoms with van der Waals surface area (Å²) in [5.41, 5.74) is 11.6. The fourth-order valence-corrected chi connectivity index (χ4v) is 3.84. The summed E-state index contributed by atoms with van der Waals surface area (Å²) in [6.07, 6.45) is 5.78. The molecule has 0 unspecified atom stereocenters. The van der Waals surface area contributed by atoms with Crippen LogP contribution in [-0.4, -0.2) is 27.1 Å². The maximum absolute atomic E-state index is 12.6. The molecule has 0 aliphatic carbocycles. The lowest BCUT2D eigenvalue weighted by Crippen LogP contribution is -2.11. The molecule has 1 aliphatic heterocycles. The van der Waals surface area contributed by atoms with Crippen LogP contribution >= 0.6 is 0 Å². The highest BCUT2D eigenvalue weighted by Gasteiger charge is 2.21. The van der Waals surface area contributed by atoms with Crippen molar-refractivity contribution in [3.05, 3.63) is 102 Å². The number of benzene rings is 2. The van der Waals surface area contributed by atoms with E-state index in [0.717, 1.165) is 28.1 Å². The normalized spacial score (nSPS) is 12.6. The number of carbonyl (C=O) groups excluding carboxylic acids is 1. The number of nitrogens with one attached hydrogen (secondary N) is 3. The Balaban J connectivity index is 1.42. The van der Waals surface area contributed by atoms with E-state index in [4.69, 9.17) is 25.8 Å². The zero-order valence-corrected chi connectivity index (χ0v) is 19.2. The summed E-state index contributed by atoms with van der Waals surface area (Å²) in [7, 11) is 0. The Morgan fingerprint density at radius 3 is 2.53 bits per heavy atom. The standard InChI is InChI=1S/C27H23N7O2/c28-13-20(14-29)17-4-6-21(7-5-17)31-26-23-15-36-16-24(23)33-25(34-26)19-2-1-3-22(12-19)32-27(35)18-8-10-30-11-9-18/h1-14,28H,15-16,29H2,(H,32,35)(H,31,33,34)/b20-14+,28-13?. The van der Waals surface area contributed by atoms with Crippen molar-refractivity contribution in [2.75, 3.05) is 10.6 Å². The predicted octanol–water partition coefficient (Wildman–Crippen LogP) is 4.51. The molecule has 2 aromatic heterocycles. The molecule has 3 heterocycles. The Hall–Kier alpha value is -4.89. The van der Waals surface area contributed by atoms with Crippen molar-refractivity contribution < 1.29 is 9.53 Å². The molecular formula is C27H23N7O2. The largest absolute Gasteiger partial charge is 0.404 e. The molecule has 5 N–H and O–H groups in total. The van der Waals surface area contributed by atoms with Gasteiger partial charge in [-0.25, -0.2) is 9.97 Å². The van der Waals surface area contributed by atoms with Crippen LogP contribution in [0, 0.1) is 5.41 Å². The third-order valence-corrected chi connectivity index (χ3v) is 5.72. The number of ether oxygens (including phenoxy) is 1. The summed E-state index contributed by atoms with van der Waals surface area (Å²) in [5, 5.41) is 13.7. The summed E-state index contributed by atoms with van der Waals surface area (Å²) in [6.45, 7) is 0.826. The average molecular weight is 478 g/mol. The van der Waals surface area contributed by atoms with E-state index in [-0.39, 0.29) is 5.91 Å². The first kappa shape index (κ1) is 22.9. The van der Waals surface area contributed by atoms with Gasteiger partial charge in [0, 0.05) is 58.4 Å². The number of nitrogens with two attached hydrogens (primary N) is 1. The van der Waals surface area contributed by atoms with Crippen molar-refractivity contribution in [3.63, 3.8) is 0 Å². The molecule has 0 spiro atoms. The second kappa shape index (κ2) is 10.2. The molecule has 1 amide bonds. The molecule has 5 rings (SSSR count). The van der Waals surface area contributed by atoms with Gasteiger partial charge in [0.1, 0.15) is 5.82 Å². The van der Waals surface area contributed by atoms with Crippen molar-refractivity contribution in [3.8, 4) is 11.4 Å². The van der Waals surface area contributed by atoms with Crippen molar-refractivity contribution in [1.82, 2.24) is 15.0 Å². The molecule has 4 aromatic rings. The molecule has 9 nitrogen and oxygen atoms in total. The molecule has 0 bridgehead atoms. The van der Waals surface area contributed by atoms with Crippen LogP contribution in [0.15, 0.2) is 79.3 Å². The van der Waals surface area contributed by atoms with Crippen molar-refractivity contribution in [2.24, 2.45) is 5.73 Å². The third kappa shape index (κ3) is 4.82. The summed E-state index contributed by atoms with van der Waals surface area (Å²) >= 11 is 0. The number of carbonyl (C=O) groups is 1. The fraction of sp³-hybridized carbons (Fsp3) is 0.0741. The SMILES string of the molecule is N=C/C(=C\N)c1ccc(Nc2nc(-c3cccc(NC(=O)c4ccncc4)c3)nc3c2COC3)cc1. The highest BCUT2D eigenvalue weighted by molar-refractivity contribution is 6.08. The number of allylic oxidation sites excluding steroid dienone is 1. The van der Waals surface area contributed by atoms with Gasteiger partial charge in [0.25, 0.3) is 5.91 Å². The van der Waals surface area contributed by atoms with Gasteiger partial charge in [-0.2, -0.15) is 0 Å². The van der Waals surface area contributed by atoms with E-state index >= 15 is 0 Å². The summed E-state index contributed by atoms with van der Waals surface area (Å²) in [5.74, 6) is 0.961. The Morgan fingerprint density at radius 2 is 1.78 bits per heavy atom. The van der Waals surface area contributed by atoms with E-state index in [1.807, 2.05) is 48.5 Å². The number of hydrogen-bond donors (Lipinski definition) is 4. The zero-order valence-electron chi connectivity index (χ0n) is 19.2. The van der Waals surface area contributed by atoms with Gasteiger partial charge < -0.3 is 26.5 Å². The molecule has 178 valence electrons. The molecule has 0 atom stereocenters. The van der Waals surface area contributed by atoms with Gasteiger partial charge in [0.05, 0.1) is 18.9 Å². The van der Waals surface area contributed by atoms with Crippen LogP contribution in [0.3, 0.4) is 0 Å². The molecule has 2 aromatic carbocycles. The van der Waals surface area contributed by atoms with Crippen LogP contribution in [0.4, 0.5) is 17.2 Å². The van der Waals surface area contributed by atoms with E-state index in [2.05, 4.69) is 15.6 Å². The number of aromatic nitrogens is 3. The molecule has 1 aliphatic rings. The van der Waals surface area contributed by atoms with Gasteiger partial charge >= 0.3 is 0 Å². The van der Waals surface area contributed by atoms with E-state index in [9.17, 15) is 4.79 Å². The fourth-order valence-electron chi connectivity index (χ4n) is 3.84. The summed E-state index contributed by atoms with van der Waals surface area (Å²) in [6, 6.07) is 18.3. The molecule has 0 saturated heterocycles. The number of pyridine rings is 1. The van der Waals surface area contributed by atoms with Crippen LogP contribution in [0.2, 0.25) is 0 Å². The first-order chi connectivity index (χ1) is 17.6. The van der Waals surface area contributed by atoms with Gasteiger partial charge in [-0.05, 0) is 42.0 Å². The predicted molar refractivity (Wildman–Crippen MR) is 139 cm³/mol. The van der Waals surface area contributed by atoms with Gasteiger partial charge in [-0.15, -0.1) is 0 Å². The minimum absolute atomic E-state index is 0.223. The first-order valence-corrected chi connectivity index (χ1v) is 11.2. The molecule has 9 heteroatoms. The second-order valence-electron chi connectivity index (χ2n) is 8.05. The molecule has 0 saturated carbocycles. The Morgan fingerprint density at radius 1 is 0.972 bits per heavy atom. The molecule has 36 heavy (non-hydrogen) atoms. The van der Waals surface area contributed by atoms with Crippen molar-refractivity contribution in [1.29, 1.82) is 5.41 Å². The molecular weight excluding hydrogens is 454 g/mol. The lowest BCUT2D eigenvalue weighted by atomic mass is 10.1. The van der Waals surface area contributed by atoms with E-state index in [1.165, 1.54) is 12.4 Å². The van der Waals surface area contributed by atoms with Crippen LogP contribution in [0.5, 0.6) is 0 Å². The maximum atomic E-state index is 12.6. The Labute approximate surface area is 207 Å². The highest BCUT2D eigenvalue weighted by atomic mass is 16.5. The van der Waals surface area contributed by atoms with Gasteiger partial charge in [0.15, 0.2) is 5.82 Å². The number of fused-ring (bicyclic) bond motifs is 1. The number of rotatable bonds is 7. The number of hydrogen-bond acceptors (Lipinski definition) is 8. The van der Waals surface area contributed by atoms with E-state index in [0.29, 0.717) is 41.7 Å². The van der Waals surface area contributed by atoms with Crippen LogP contribution in [-0.2, 0) is 18.0 Å². The summed E-state index contributed by atoms with van der Waals surface area (Å²) in [4.78, 5) is 26.0. The minimum atomic E-state index is -0.223. The van der Waals surface area contributed by atoms with Gasteiger partial charge in [-0.3, -0.25) is 9.78 Å². The number of anilines is 3. The Bertz CT molecular complexity index is 1450. The lowest BCUT2D eigenvalue weighted by molar-refractivity contribution is 0.102. The molecule has 0 radical (unpaired) electrons. The quantitative estimate of drug-likeness (QED) is 0.287. The average Bonchev–Trinajstić information content (AvgIpc) is 3.40. The van der Waals surface area contributed by atoms with Crippen LogP contribution in [0.1, 0.15) is 27.2 Å². The van der Waals surface area contributed by atoms with Gasteiger partial charge in [-0.1, -0.05) is 24.3 Å². The maximum Gasteiger partial charge on any atom is 0.255 e. The summed E-state index contributed by atoms with van der Waals surface area (Å²) < 4.78 is 5.64. The number of amides is 1. The zero-order chi connectivity index (χ0) is 24.9. The van der Waals surface area contributed by atoms with E-state index in [1.54, 1.807) is 24.5 Å². The minimum Gasteiger partial charge on any atom is -0.404 e. The highest BCUT2D eigenvalue weighted by Crippen LogP contribution is 2.31. The molecule has 0 fully saturated rings. The first-order valence-electron chi connectivity index (χ1n) is 11.2. The Kier molecular flexibility index (Phi) is 6.46. The topological polar surface area (TPSA) is 139 Å². The van der Waals surface area contributed by atoms with E-state index < -0.39 is 0 Å². The smallest absolute Gasteiger partial charge is 0.255 e. The van der Waals surface area contributed by atoms with Crippen molar-refractivity contribution >= 4 is 34.9 Å².